The lowest BCUT2D eigenvalue weighted by Crippen LogP contribution is -2.43. The van der Waals surface area contributed by atoms with Gasteiger partial charge < -0.3 is 10.2 Å². The van der Waals surface area contributed by atoms with Crippen LogP contribution in [0.2, 0.25) is 0 Å². The molecule has 1 aliphatic heterocycles. The zero-order valence-electron chi connectivity index (χ0n) is 16.1. The summed E-state index contributed by atoms with van der Waals surface area (Å²) in [6.07, 6.45) is 5.72. The Labute approximate surface area is 160 Å². The first-order valence-electron chi connectivity index (χ1n) is 9.70. The number of amides is 2. The second kappa shape index (κ2) is 8.80. The summed E-state index contributed by atoms with van der Waals surface area (Å²) in [5, 5.41) is 2.93. The van der Waals surface area contributed by atoms with Gasteiger partial charge in [-0.2, -0.15) is 0 Å². The monoisotopic (exact) mass is 365 g/mol. The smallest absolute Gasteiger partial charge is 0.272 e. The Hall–Kier alpha value is -2.69. The molecule has 5 nitrogen and oxygen atoms in total. The van der Waals surface area contributed by atoms with Crippen molar-refractivity contribution >= 4 is 11.8 Å². The predicted molar refractivity (Wildman–Crippen MR) is 106 cm³/mol. The number of piperidine rings is 1. The van der Waals surface area contributed by atoms with Gasteiger partial charge in [0.15, 0.2) is 0 Å². The first kappa shape index (κ1) is 19.1. The molecule has 1 atom stereocenters. The highest BCUT2D eigenvalue weighted by Crippen LogP contribution is 2.21. The van der Waals surface area contributed by atoms with Crippen molar-refractivity contribution in [3.05, 3.63) is 65.0 Å². The van der Waals surface area contributed by atoms with Crippen LogP contribution in [0.15, 0.2) is 42.6 Å². The van der Waals surface area contributed by atoms with Gasteiger partial charge >= 0.3 is 0 Å². The minimum atomic E-state index is -0.194. The lowest BCUT2D eigenvalue weighted by molar-refractivity contribution is 0.0602. The van der Waals surface area contributed by atoms with Crippen LogP contribution in [0.4, 0.5) is 0 Å². The molecule has 2 aromatic rings. The van der Waals surface area contributed by atoms with Gasteiger partial charge in [0.25, 0.3) is 11.8 Å². The Morgan fingerprint density at radius 3 is 2.81 bits per heavy atom. The van der Waals surface area contributed by atoms with Gasteiger partial charge in [0, 0.05) is 30.9 Å². The zero-order valence-corrected chi connectivity index (χ0v) is 16.1. The number of carbonyl (C=O) groups is 2. The number of carbonyl (C=O) groups excluding carboxylic acids is 2. The third-order valence-electron chi connectivity index (χ3n) is 5.30. The summed E-state index contributed by atoms with van der Waals surface area (Å²) in [5.74, 6) is -0.268. The molecule has 0 bridgehead atoms. The molecule has 0 saturated carbocycles. The van der Waals surface area contributed by atoms with Crippen LogP contribution in [-0.2, 0) is 6.54 Å². The fourth-order valence-electron chi connectivity index (χ4n) is 3.61. The highest BCUT2D eigenvalue weighted by molar-refractivity contribution is 5.98. The van der Waals surface area contributed by atoms with Crippen LogP contribution in [0, 0.1) is 6.92 Å². The Kier molecular flexibility index (Phi) is 6.22. The van der Waals surface area contributed by atoms with E-state index in [-0.39, 0.29) is 17.9 Å². The average Bonchev–Trinajstić information content (AvgIpc) is 2.72. The topological polar surface area (TPSA) is 62.3 Å². The van der Waals surface area contributed by atoms with Gasteiger partial charge in [-0.25, -0.2) is 0 Å². The van der Waals surface area contributed by atoms with Gasteiger partial charge in [-0.05, 0) is 55.9 Å². The fourth-order valence-corrected chi connectivity index (χ4v) is 3.61. The summed E-state index contributed by atoms with van der Waals surface area (Å²) >= 11 is 0. The molecule has 3 rings (SSSR count). The molecule has 1 aliphatic rings. The van der Waals surface area contributed by atoms with E-state index >= 15 is 0 Å². The summed E-state index contributed by atoms with van der Waals surface area (Å²) in [5.41, 5.74) is 3.03. The van der Waals surface area contributed by atoms with Gasteiger partial charge in [-0.15, -0.1) is 0 Å². The molecule has 0 radical (unpaired) electrons. The summed E-state index contributed by atoms with van der Waals surface area (Å²) in [6.45, 7) is 5.36. The van der Waals surface area contributed by atoms with Crippen LogP contribution < -0.4 is 5.32 Å². The summed E-state index contributed by atoms with van der Waals surface area (Å²) in [4.78, 5) is 31.6. The van der Waals surface area contributed by atoms with E-state index in [1.54, 1.807) is 18.3 Å². The molecule has 142 valence electrons. The normalized spacial score (nSPS) is 16.8. The van der Waals surface area contributed by atoms with Crippen molar-refractivity contribution in [1.29, 1.82) is 0 Å². The van der Waals surface area contributed by atoms with Crippen molar-refractivity contribution in [2.24, 2.45) is 0 Å². The number of aryl methyl sites for hydroxylation is 1. The number of pyridine rings is 1. The minimum Gasteiger partial charge on any atom is -0.348 e. The molecule has 1 saturated heterocycles. The van der Waals surface area contributed by atoms with Crippen LogP contribution in [-0.4, -0.2) is 34.3 Å². The first-order valence-corrected chi connectivity index (χ1v) is 9.70. The largest absolute Gasteiger partial charge is 0.348 e. The van der Waals surface area contributed by atoms with Gasteiger partial charge in [-0.1, -0.05) is 31.2 Å². The number of likely N-dealkylation sites (tertiary alicyclic amines) is 1. The van der Waals surface area contributed by atoms with E-state index in [0.717, 1.165) is 43.4 Å². The number of aromatic nitrogens is 1. The molecular weight excluding hydrogens is 338 g/mol. The third-order valence-corrected chi connectivity index (χ3v) is 5.30. The molecule has 2 amide bonds. The molecule has 2 heterocycles. The zero-order chi connectivity index (χ0) is 19.2. The van der Waals surface area contributed by atoms with E-state index in [9.17, 15) is 9.59 Å². The maximum atomic E-state index is 12.9. The number of nitrogens with zero attached hydrogens (tertiary/aromatic N) is 2. The number of nitrogens with one attached hydrogen (secondary N) is 1. The van der Waals surface area contributed by atoms with E-state index in [1.165, 1.54) is 0 Å². The number of benzene rings is 1. The summed E-state index contributed by atoms with van der Waals surface area (Å²) in [6, 6.07) is 11.5. The van der Waals surface area contributed by atoms with Crippen molar-refractivity contribution in [2.75, 3.05) is 6.54 Å². The molecule has 0 spiro atoms. The first-order chi connectivity index (χ1) is 13.1. The lowest BCUT2D eigenvalue weighted by Gasteiger charge is -2.35. The van der Waals surface area contributed by atoms with Crippen molar-refractivity contribution in [2.45, 2.75) is 52.1 Å². The second-order valence-corrected chi connectivity index (χ2v) is 7.10. The van der Waals surface area contributed by atoms with Crippen LogP contribution in [0.5, 0.6) is 0 Å². The maximum absolute atomic E-state index is 12.9. The standard InChI is InChI=1S/C22H27N3O2/c1-3-19-10-6-7-13-25(19)22(27)20-14-17(11-12-23-20)21(26)24-15-18-9-5-4-8-16(18)2/h4-5,8-9,11-12,14,19H,3,6-7,10,13,15H2,1-2H3,(H,24,26). The van der Waals surface area contributed by atoms with Crippen LogP contribution in [0.1, 0.15) is 64.6 Å². The Bertz CT molecular complexity index is 819. The van der Waals surface area contributed by atoms with Crippen molar-refractivity contribution < 1.29 is 9.59 Å². The van der Waals surface area contributed by atoms with E-state index < -0.39 is 0 Å². The second-order valence-electron chi connectivity index (χ2n) is 7.10. The molecule has 1 fully saturated rings. The number of hydrogen-bond donors (Lipinski definition) is 1. The SMILES string of the molecule is CCC1CCCCN1C(=O)c1cc(C(=O)NCc2ccccc2C)ccn1. The van der Waals surface area contributed by atoms with E-state index in [2.05, 4.69) is 17.2 Å². The minimum absolute atomic E-state index is 0.0740. The molecular formula is C22H27N3O2. The van der Waals surface area contributed by atoms with E-state index in [0.29, 0.717) is 17.8 Å². The Morgan fingerprint density at radius 2 is 2.04 bits per heavy atom. The third kappa shape index (κ3) is 4.54. The van der Waals surface area contributed by atoms with Crippen LogP contribution >= 0.6 is 0 Å². The molecule has 1 aromatic heterocycles. The van der Waals surface area contributed by atoms with E-state index in [4.69, 9.17) is 0 Å². The van der Waals surface area contributed by atoms with Crippen molar-refractivity contribution in [3.8, 4) is 0 Å². The van der Waals surface area contributed by atoms with Gasteiger partial charge in [0.2, 0.25) is 0 Å². The molecule has 1 unspecified atom stereocenters. The number of rotatable bonds is 5. The Balaban J connectivity index is 1.70. The van der Waals surface area contributed by atoms with Gasteiger partial charge in [-0.3, -0.25) is 14.6 Å². The van der Waals surface area contributed by atoms with Gasteiger partial charge in [0.1, 0.15) is 5.69 Å². The molecule has 0 aliphatic carbocycles. The fraction of sp³-hybridized carbons (Fsp3) is 0.409. The van der Waals surface area contributed by atoms with E-state index in [1.807, 2.05) is 36.1 Å². The maximum Gasteiger partial charge on any atom is 0.272 e. The average molecular weight is 365 g/mol. The summed E-state index contributed by atoms with van der Waals surface area (Å²) in [7, 11) is 0. The number of hydrogen-bond acceptors (Lipinski definition) is 3. The molecule has 27 heavy (non-hydrogen) atoms. The highest BCUT2D eigenvalue weighted by Gasteiger charge is 2.27. The lowest BCUT2D eigenvalue weighted by atomic mass is 9.99. The quantitative estimate of drug-likeness (QED) is 0.878. The van der Waals surface area contributed by atoms with Gasteiger partial charge in [0.05, 0.1) is 0 Å². The predicted octanol–water partition coefficient (Wildman–Crippen LogP) is 3.72. The van der Waals surface area contributed by atoms with Crippen LogP contribution in [0.25, 0.3) is 0 Å². The highest BCUT2D eigenvalue weighted by atomic mass is 16.2. The molecule has 5 heteroatoms. The van der Waals surface area contributed by atoms with Crippen molar-refractivity contribution in [3.63, 3.8) is 0 Å². The molecule has 1 N–H and O–H groups in total. The summed E-state index contributed by atoms with van der Waals surface area (Å²) < 4.78 is 0. The van der Waals surface area contributed by atoms with Crippen molar-refractivity contribution in [1.82, 2.24) is 15.2 Å². The Morgan fingerprint density at radius 1 is 1.22 bits per heavy atom. The molecule has 1 aromatic carbocycles. The van der Waals surface area contributed by atoms with Crippen LogP contribution in [0.3, 0.4) is 0 Å².